The predicted molar refractivity (Wildman–Crippen MR) is 113 cm³/mol. The van der Waals surface area contributed by atoms with Crippen LogP contribution in [0.1, 0.15) is 65.5 Å². The van der Waals surface area contributed by atoms with Crippen molar-refractivity contribution in [2.24, 2.45) is 33.5 Å². The number of ether oxygens (including phenoxy) is 2. The molecule has 1 aromatic heterocycles. The average Bonchev–Trinajstić information content (AvgIpc) is 3.30. The van der Waals surface area contributed by atoms with Crippen molar-refractivity contribution in [3.8, 4) is 0 Å². The van der Waals surface area contributed by atoms with E-state index in [2.05, 4.69) is 13.8 Å². The van der Waals surface area contributed by atoms with E-state index >= 15 is 0 Å². The fraction of sp³-hybridized carbons (Fsp3) is 0.654. The van der Waals surface area contributed by atoms with Crippen LogP contribution in [0.5, 0.6) is 0 Å². The van der Waals surface area contributed by atoms with Crippen LogP contribution in [-0.2, 0) is 23.9 Å². The van der Waals surface area contributed by atoms with Crippen molar-refractivity contribution in [2.45, 2.75) is 71.7 Å². The summed E-state index contributed by atoms with van der Waals surface area (Å²) in [6.45, 7) is 10.2. The van der Waals surface area contributed by atoms with E-state index in [4.69, 9.17) is 13.9 Å². The van der Waals surface area contributed by atoms with Crippen molar-refractivity contribution in [1.82, 2.24) is 0 Å². The molecule has 6 heteroatoms. The van der Waals surface area contributed by atoms with Gasteiger partial charge in [0.05, 0.1) is 17.9 Å². The summed E-state index contributed by atoms with van der Waals surface area (Å²) in [5, 5.41) is 0. The number of fused-ring (bicyclic) bond motifs is 3. The average molecular weight is 439 g/mol. The lowest BCUT2D eigenvalue weighted by atomic mass is 9.36. The van der Waals surface area contributed by atoms with Gasteiger partial charge in [0.15, 0.2) is 11.9 Å². The van der Waals surface area contributed by atoms with Crippen LogP contribution < -0.4 is 0 Å². The number of Topliss-reactive ketones (excluding diaryl/α,β-unsaturated/α-hetero) is 1. The number of epoxide rings is 1. The molecule has 4 fully saturated rings. The van der Waals surface area contributed by atoms with E-state index in [9.17, 15) is 14.4 Å². The molecule has 5 aliphatic rings. The number of carbonyl (C=O) groups excluding carboxylic acids is 3. The zero-order chi connectivity index (χ0) is 22.9. The molecule has 0 unspecified atom stereocenters. The Morgan fingerprint density at radius 3 is 2.44 bits per heavy atom. The number of allylic oxidation sites excluding steroid dienone is 2. The van der Waals surface area contributed by atoms with Gasteiger partial charge in [0.1, 0.15) is 17.5 Å². The Morgan fingerprint density at radius 2 is 1.75 bits per heavy atom. The van der Waals surface area contributed by atoms with Crippen LogP contribution in [0.4, 0.5) is 0 Å². The minimum atomic E-state index is -0.912. The van der Waals surface area contributed by atoms with E-state index in [1.54, 1.807) is 18.6 Å². The third-order valence-corrected chi connectivity index (χ3v) is 10.3. The van der Waals surface area contributed by atoms with Gasteiger partial charge in [-0.15, -0.1) is 0 Å². The van der Waals surface area contributed by atoms with Crippen molar-refractivity contribution in [1.29, 1.82) is 0 Å². The second-order valence-corrected chi connectivity index (χ2v) is 11.8. The Bertz CT molecular complexity index is 1080. The number of hydrogen-bond donors (Lipinski definition) is 0. The van der Waals surface area contributed by atoms with Gasteiger partial charge in [0.25, 0.3) is 0 Å². The molecule has 1 spiro atoms. The maximum absolute atomic E-state index is 14.1. The highest BCUT2D eigenvalue weighted by Gasteiger charge is 2.88. The Balaban J connectivity index is 1.53. The molecule has 3 aliphatic carbocycles. The first-order valence-electron chi connectivity index (χ1n) is 11.6. The molecule has 2 saturated heterocycles. The molecule has 170 valence electrons. The van der Waals surface area contributed by atoms with Crippen molar-refractivity contribution >= 4 is 17.5 Å². The lowest BCUT2D eigenvalue weighted by Crippen LogP contribution is -2.71. The Morgan fingerprint density at radius 1 is 1.00 bits per heavy atom. The quantitative estimate of drug-likeness (QED) is 0.483. The van der Waals surface area contributed by atoms with Crippen LogP contribution >= 0.6 is 0 Å². The molecule has 0 amide bonds. The van der Waals surface area contributed by atoms with E-state index in [1.165, 1.54) is 0 Å². The fourth-order valence-corrected chi connectivity index (χ4v) is 8.56. The van der Waals surface area contributed by atoms with Crippen molar-refractivity contribution < 1.29 is 28.3 Å². The molecule has 2 saturated carbocycles. The molecule has 2 aliphatic heterocycles. The minimum absolute atomic E-state index is 0.0288. The highest BCUT2D eigenvalue weighted by atomic mass is 16.7. The Kier molecular flexibility index (Phi) is 3.60. The van der Waals surface area contributed by atoms with E-state index in [-0.39, 0.29) is 28.8 Å². The van der Waals surface area contributed by atoms with Crippen LogP contribution in [0.2, 0.25) is 0 Å². The topological polar surface area (TPSA) is 86.1 Å². The van der Waals surface area contributed by atoms with Gasteiger partial charge in [0, 0.05) is 22.8 Å². The van der Waals surface area contributed by atoms with Crippen LogP contribution in [0.15, 0.2) is 35.2 Å². The number of carbonyl (C=O) groups is 3. The monoisotopic (exact) mass is 438 g/mol. The summed E-state index contributed by atoms with van der Waals surface area (Å²) in [5.74, 6) is -0.312. The summed E-state index contributed by atoms with van der Waals surface area (Å²) in [6.07, 6.45) is 7.57. The van der Waals surface area contributed by atoms with Gasteiger partial charge in [-0.25, -0.2) is 4.79 Å². The fourth-order valence-electron chi connectivity index (χ4n) is 8.56. The van der Waals surface area contributed by atoms with Gasteiger partial charge < -0.3 is 13.9 Å². The summed E-state index contributed by atoms with van der Waals surface area (Å²) in [5.41, 5.74) is -2.45. The number of furan rings is 1. The van der Waals surface area contributed by atoms with Gasteiger partial charge in [0.2, 0.25) is 0 Å². The maximum Gasteiger partial charge on any atom is 0.339 e. The molecule has 6 nitrogen and oxygen atoms in total. The minimum Gasteiger partial charge on any atom is -0.472 e. The highest BCUT2D eigenvalue weighted by Crippen LogP contribution is 2.78. The standard InChI is InChI=1S/C26H30O6/c1-22(2)16-12-18(28)25(5)15(23(16,3)9-7-17(22)27)6-10-24(4)19(14-8-11-30-13-14)31-21(29)20-26(24,25)32-20/h7-9,11,13,15-16,19-20H,6,10,12H2,1-5H3/t15-,16+,19-,20+,23-,24+,25+,26+/m0/s1. The van der Waals surface area contributed by atoms with Gasteiger partial charge >= 0.3 is 5.97 Å². The van der Waals surface area contributed by atoms with Gasteiger partial charge in [-0.2, -0.15) is 0 Å². The normalized spacial score (nSPS) is 50.6. The molecule has 0 aromatic carbocycles. The third-order valence-electron chi connectivity index (χ3n) is 10.3. The van der Waals surface area contributed by atoms with Gasteiger partial charge in [-0.3, -0.25) is 9.59 Å². The highest BCUT2D eigenvalue weighted by molar-refractivity contribution is 5.98. The second kappa shape index (κ2) is 5.64. The summed E-state index contributed by atoms with van der Waals surface area (Å²) >= 11 is 0. The van der Waals surface area contributed by atoms with E-state index in [0.29, 0.717) is 6.42 Å². The third kappa shape index (κ3) is 1.92. The van der Waals surface area contributed by atoms with Gasteiger partial charge in [-0.1, -0.05) is 33.8 Å². The lowest BCUT2D eigenvalue weighted by Gasteiger charge is -2.66. The van der Waals surface area contributed by atoms with Crippen molar-refractivity contribution in [3.63, 3.8) is 0 Å². The smallest absolute Gasteiger partial charge is 0.339 e. The Hall–Kier alpha value is -2.21. The summed E-state index contributed by atoms with van der Waals surface area (Å²) in [6, 6.07) is 1.83. The SMILES string of the molecule is CC1(C)C(=O)C=C[C@]2(C)[C@@H]1CC(=O)[C@@]1(C)[C@H]2CC[C@]2(C)[C@H](c3ccoc3)OC(=O)[C@H]3O[C@@]312. The molecule has 6 rings (SSSR count). The van der Waals surface area contributed by atoms with E-state index < -0.39 is 40.0 Å². The molecule has 1 aromatic rings. The molecule has 0 bridgehead atoms. The van der Waals surface area contributed by atoms with Crippen LogP contribution in [0, 0.1) is 33.5 Å². The Labute approximate surface area is 187 Å². The maximum atomic E-state index is 14.1. The first kappa shape index (κ1) is 20.4. The van der Waals surface area contributed by atoms with E-state index in [0.717, 1.165) is 18.4 Å². The molecule has 3 heterocycles. The van der Waals surface area contributed by atoms with Crippen LogP contribution in [-0.4, -0.2) is 29.2 Å². The molecule has 8 atom stereocenters. The zero-order valence-corrected chi connectivity index (χ0v) is 19.3. The van der Waals surface area contributed by atoms with Gasteiger partial charge in [-0.05, 0) is 49.2 Å². The zero-order valence-electron chi connectivity index (χ0n) is 19.3. The number of esters is 1. The van der Waals surface area contributed by atoms with Crippen molar-refractivity contribution in [2.75, 3.05) is 0 Å². The molecule has 0 N–H and O–H groups in total. The van der Waals surface area contributed by atoms with Crippen molar-refractivity contribution in [3.05, 3.63) is 36.3 Å². The second-order valence-electron chi connectivity index (χ2n) is 11.8. The largest absolute Gasteiger partial charge is 0.472 e. The van der Waals surface area contributed by atoms with E-state index in [1.807, 2.05) is 32.9 Å². The number of cyclic esters (lactones) is 1. The molecule has 0 radical (unpaired) electrons. The number of ketones is 2. The summed E-state index contributed by atoms with van der Waals surface area (Å²) in [4.78, 5) is 39.8. The van der Waals surface area contributed by atoms with Crippen LogP contribution in [0.25, 0.3) is 0 Å². The summed E-state index contributed by atoms with van der Waals surface area (Å²) in [7, 11) is 0. The molecule has 32 heavy (non-hydrogen) atoms. The number of hydrogen-bond acceptors (Lipinski definition) is 6. The predicted octanol–water partition coefficient (Wildman–Crippen LogP) is 4.20. The first-order chi connectivity index (χ1) is 14.9. The number of rotatable bonds is 1. The molecular formula is C26H30O6. The molecular weight excluding hydrogens is 408 g/mol. The lowest BCUT2D eigenvalue weighted by molar-refractivity contribution is -0.210. The van der Waals surface area contributed by atoms with Crippen LogP contribution in [0.3, 0.4) is 0 Å². The summed E-state index contributed by atoms with van der Waals surface area (Å²) < 4.78 is 17.5. The first-order valence-corrected chi connectivity index (χ1v) is 11.6.